The van der Waals surface area contributed by atoms with Crippen molar-refractivity contribution in [1.29, 1.82) is 0 Å². The number of hydrogen-bond acceptors (Lipinski definition) is 3. The minimum absolute atomic E-state index is 0.127. The molecule has 0 aliphatic carbocycles. The molecule has 2 rings (SSSR count). The molecular weight excluding hydrogens is 554 g/mol. The SMILES string of the molecule is CCc1ccc(CC(=O)N/N=C/c2cc(I)c(OC(C)C)c(I)c2)cc1. The van der Waals surface area contributed by atoms with Crippen molar-refractivity contribution in [3.63, 3.8) is 0 Å². The zero-order valence-corrected chi connectivity index (χ0v) is 19.4. The van der Waals surface area contributed by atoms with E-state index in [-0.39, 0.29) is 12.0 Å². The zero-order chi connectivity index (χ0) is 19.1. The highest BCUT2D eigenvalue weighted by Crippen LogP contribution is 2.29. The van der Waals surface area contributed by atoms with Gasteiger partial charge >= 0.3 is 0 Å². The summed E-state index contributed by atoms with van der Waals surface area (Å²) in [5.41, 5.74) is 5.75. The summed E-state index contributed by atoms with van der Waals surface area (Å²) in [7, 11) is 0. The molecule has 0 aliphatic heterocycles. The summed E-state index contributed by atoms with van der Waals surface area (Å²) in [5, 5.41) is 4.07. The van der Waals surface area contributed by atoms with Crippen molar-refractivity contribution in [1.82, 2.24) is 5.43 Å². The molecule has 138 valence electrons. The number of nitrogens with one attached hydrogen (secondary N) is 1. The number of aryl methyl sites for hydroxylation is 1. The standard InChI is InChI=1S/C20H22I2N2O2/c1-4-14-5-7-15(8-6-14)11-19(25)24-23-12-16-9-17(21)20(18(22)10-16)26-13(2)3/h5-10,12-13H,4,11H2,1-3H3,(H,24,25)/b23-12+. The third-order valence-electron chi connectivity index (χ3n) is 3.57. The van der Waals surface area contributed by atoms with E-state index in [1.54, 1.807) is 6.21 Å². The van der Waals surface area contributed by atoms with Crippen LogP contribution in [0, 0.1) is 7.14 Å². The highest BCUT2D eigenvalue weighted by molar-refractivity contribution is 14.1. The van der Waals surface area contributed by atoms with E-state index in [2.05, 4.69) is 74.8 Å². The number of rotatable bonds is 7. The van der Waals surface area contributed by atoms with Crippen molar-refractivity contribution in [3.8, 4) is 5.75 Å². The Labute approximate surface area is 182 Å². The summed E-state index contributed by atoms with van der Waals surface area (Å²) in [6, 6.07) is 12.0. The van der Waals surface area contributed by atoms with E-state index >= 15 is 0 Å². The van der Waals surface area contributed by atoms with Crippen molar-refractivity contribution in [3.05, 3.63) is 60.2 Å². The first-order valence-electron chi connectivity index (χ1n) is 8.44. The monoisotopic (exact) mass is 576 g/mol. The topological polar surface area (TPSA) is 50.7 Å². The molecule has 0 unspecified atom stereocenters. The molecule has 4 nitrogen and oxygen atoms in total. The molecule has 0 fully saturated rings. The number of halogens is 2. The first-order valence-corrected chi connectivity index (χ1v) is 10.6. The van der Waals surface area contributed by atoms with Gasteiger partial charge < -0.3 is 4.74 Å². The van der Waals surface area contributed by atoms with E-state index in [4.69, 9.17) is 4.74 Å². The summed E-state index contributed by atoms with van der Waals surface area (Å²) in [6.07, 6.45) is 3.09. The molecule has 6 heteroatoms. The van der Waals surface area contributed by atoms with Crippen LogP contribution in [0.15, 0.2) is 41.5 Å². The Kier molecular flexibility index (Phi) is 8.33. The number of carbonyl (C=O) groups is 1. The first-order chi connectivity index (χ1) is 12.4. The lowest BCUT2D eigenvalue weighted by Crippen LogP contribution is -2.19. The maximum atomic E-state index is 12.0. The number of benzene rings is 2. The lowest BCUT2D eigenvalue weighted by Gasteiger charge is -2.14. The first kappa shape index (κ1) is 21.1. The Bertz CT molecular complexity index is 764. The predicted octanol–water partition coefficient (Wildman–Crippen LogP) is 4.94. The average molecular weight is 576 g/mol. The highest BCUT2D eigenvalue weighted by atomic mass is 127. The summed E-state index contributed by atoms with van der Waals surface area (Å²) in [4.78, 5) is 12.0. The number of ether oxygens (including phenoxy) is 1. The van der Waals surface area contributed by atoms with E-state index in [0.29, 0.717) is 6.42 Å². The number of carbonyl (C=O) groups excluding carboxylic acids is 1. The van der Waals surface area contributed by atoms with Crippen LogP contribution in [0.4, 0.5) is 0 Å². The van der Waals surface area contributed by atoms with Gasteiger partial charge in [0.25, 0.3) is 0 Å². The molecule has 0 bridgehead atoms. The van der Waals surface area contributed by atoms with Crippen LogP contribution >= 0.6 is 45.2 Å². The number of amides is 1. The summed E-state index contributed by atoms with van der Waals surface area (Å²) >= 11 is 4.50. The van der Waals surface area contributed by atoms with Crippen LogP contribution in [0.1, 0.15) is 37.5 Å². The molecule has 1 amide bonds. The van der Waals surface area contributed by atoms with Crippen LogP contribution in [-0.4, -0.2) is 18.2 Å². The van der Waals surface area contributed by atoms with Gasteiger partial charge in [-0.15, -0.1) is 0 Å². The Morgan fingerprint density at radius 2 is 1.73 bits per heavy atom. The Balaban J connectivity index is 1.95. The second kappa shape index (κ2) is 10.2. The minimum atomic E-state index is -0.130. The van der Waals surface area contributed by atoms with Crippen molar-refractivity contribution in [2.75, 3.05) is 0 Å². The van der Waals surface area contributed by atoms with Crippen molar-refractivity contribution in [2.45, 2.75) is 39.7 Å². The number of hydrogen-bond donors (Lipinski definition) is 1. The van der Waals surface area contributed by atoms with Gasteiger partial charge in [-0.05, 0) is 94.3 Å². The Morgan fingerprint density at radius 1 is 1.15 bits per heavy atom. The zero-order valence-electron chi connectivity index (χ0n) is 15.1. The van der Waals surface area contributed by atoms with Crippen molar-refractivity contribution < 1.29 is 9.53 Å². The molecule has 1 N–H and O–H groups in total. The summed E-state index contributed by atoms with van der Waals surface area (Å²) in [6.45, 7) is 6.12. The van der Waals surface area contributed by atoms with Gasteiger partial charge in [0.2, 0.25) is 5.91 Å². The van der Waals surface area contributed by atoms with Gasteiger partial charge in [-0.2, -0.15) is 5.10 Å². The summed E-state index contributed by atoms with van der Waals surface area (Å²) < 4.78 is 7.87. The van der Waals surface area contributed by atoms with Crippen LogP contribution in [0.5, 0.6) is 5.75 Å². The highest BCUT2D eigenvalue weighted by Gasteiger charge is 2.10. The van der Waals surface area contributed by atoms with Gasteiger partial charge in [-0.25, -0.2) is 5.43 Å². The van der Waals surface area contributed by atoms with Gasteiger partial charge in [-0.3, -0.25) is 4.79 Å². The molecule has 2 aromatic rings. The maximum absolute atomic E-state index is 12.0. The van der Waals surface area contributed by atoms with Gasteiger partial charge in [0, 0.05) is 0 Å². The maximum Gasteiger partial charge on any atom is 0.244 e. The fourth-order valence-electron chi connectivity index (χ4n) is 2.30. The minimum Gasteiger partial charge on any atom is -0.489 e. The quantitative estimate of drug-likeness (QED) is 0.289. The molecule has 0 heterocycles. The molecule has 0 radical (unpaired) electrons. The second-order valence-electron chi connectivity index (χ2n) is 6.12. The van der Waals surface area contributed by atoms with Crippen molar-refractivity contribution >= 4 is 57.3 Å². The molecule has 0 spiro atoms. The Hall–Kier alpha value is -1.16. The van der Waals surface area contributed by atoms with Crippen LogP contribution in [0.2, 0.25) is 0 Å². The molecular formula is C20H22I2N2O2. The normalized spacial score (nSPS) is 11.2. The van der Waals surface area contributed by atoms with E-state index in [0.717, 1.165) is 30.4 Å². The Morgan fingerprint density at radius 3 is 2.27 bits per heavy atom. The molecule has 0 atom stereocenters. The van der Waals surface area contributed by atoms with Crippen molar-refractivity contribution in [2.24, 2.45) is 5.10 Å². The van der Waals surface area contributed by atoms with Crippen LogP contribution in [0.3, 0.4) is 0 Å². The summed E-state index contributed by atoms with van der Waals surface area (Å²) in [5.74, 6) is 0.757. The van der Waals surface area contributed by atoms with E-state index in [1.807, 2.05) is 38.1 Å². The predicted molar refractivity (Wildman–Crippen MR) is 123 cm³/mol. The fourth-order valence-corrected chi connectivity index (χ4v) is 4.37. The molecule has 2 aromatic carbocycles. The van der Waals surface area contributed by atoms with Gasteiger partial charge in [0.1, 0.15) is 5.75 Å². The smallest absolute Gasteiger partial charge is 0.244 e. The van der Waals surface area contributed by atoms with Crippen LogP contribution in [-0.2, 0) is 17.6 Å². The van der Waals surface area contributed by atoms with Gasteiger partial charge in [0.05, 0.1) is 25.9 Å². The van der Waals surface area contributed by atoms with Crippen LogP contribution in [0.25, 0.3) is 0 Å². The van der Waals surface area contributed by atoms with Gasteiger partial charge in [-0.1, -0.05) is 31.2 Å². The number of nitrogens with zero attached hydrogens (tertiary/aromatic N) is 1. The van der Waals surface area contributed by atoms with Gasteiger partial charge in [0.15, 0.2) is 0 Å². The molecule has 0 aliphatic rings. The third kappa shape index (κ3) is 6.53. The molecule has 0 aromatic heterocycles. The average Bonchev–Trinajstić information content (AvgIpc) is 2.58. The lowest BCUT2D eigenvalue weighted by molar-refractivity contribution is -0.120. The molecule has 0 saturated heterocycles. The lowest BCUT2D eigenvalue weighted by atomic mass is 10.1. The fraction of sp³-hybridized carbons (Fsp3) is 0.300. The van der Waals surface area contributed by atoms with E-state index in [1.165, 1.54) is 5.56 Å². The largest absolute Gasteiger partial charge is 0.489 e. The molecule has 0 saturated carbocycles. The molecule has 26 heavy (non-hydrogen) atoms. The van der Waals surface area contributed by atoms with Crippen LogP contribution < -0.4 is 10.2 Å². The second-order valence-corrected chi connectivity index (χ2v) is 8.44. The third-order valence-corrected chi connectivity index (χ3v) is 5.18. The van der Waals surface area contributed by atoms with E-state index < -0.39 is 0 Å². The van der Waals surface area contributed by atoms with E-state index in [9.17, 15) is 4.79 Å². The number of hydrazone groups is 1.